The molecule has 2 N–H and O–H groups in total. The molecule has 2 nitrogen and oxygen atoms in total. The number of fused-ring (bicyclic) bond motifs is 1. The summed E-state index contributed by atoms with van der Waals surface area (Å²) in [7, 11) is 0. The summed E-state index contributed by atoms with van der Waals surface area (Å²) in [4.78, 5) is 0. The van der Waals surface area contributed by atoms with Crippen LogP contribution < -0.4 is 5.32 Å². The van der Waals surface area contributed by atoms with Gasteiger partial charge < -0.3 is 10.4 Å². The highest BCUT2D eigenvalue weighted by molar-refractivity contribution is 5.37. The van der Waals surface area contributed by atoms with Crippen LogP contribution in [0.3, 0.4) is 0 Å². The van der Waals surface area contributed by atoms with Crippen LogP contribution in [0.5, 0.6) is 0 Å². The van der Waals surface area contributed by atoms with Gasteiger partial charge in [-0.05, 0) is 55.8 Å². The van der Waals surface area contributed by atoms with E-state index in [-0.39, 0.29) is 0 Å². The second kappa shape index (κ2) is 5.41. The summed E-state index contributed by atoms with van der Waals surface area (Å²) in [6, 6.07) is 6.97. The number of rotatable bonds is 5. The molecule has 1 aromatic carbocycles. The number of aryl methyl sites for hydroxylation is 2. The Bertz CT molecular complexity index is 410. The second-order valence-corrected chi connectivity index (χ2v) is 5.97. The first-order valence-electron chi connectivity index (χ1n) is 7.07. The molecule has 1 aliphatic rings. The van der Waals surface area contributed by atoms with Gasteiger partial charge in [-0.3, -0.25) is 0 Å². The summed E-state index contributed by atoms with van der Waals surface area (Å²) in [5.41, 5.74) is 3.24. The van der Waals surface area contributed by atoms with Gasteiger partial charge in [0.1, 0.15) is 0 Å². The van der Waals surface area contributed by atoms with Crippen LogP contribution in [0.2, 0.25) is 0 Å². The Labute approximate surface area is 110 Å². The van der Waals surface area contributed by atoms with E-state index in [1.165, 1.54) is 30.4 Å². The van der Waals surface area contributed by atoms with E-state index in [4.69, 9.17) is 0 Å². The first-order valence-corrected chi connectivity index (χ1v) is 7.07. The standard InChI is InChI=1S/C16H25NO/c1-12(2)17-10-9-16(3,18)15-8-7-13-5-4-6-14(13)11-15/h7-8,11-12,17-18H,4-6,9-10H2,1-3H3. The Morgan fingerprint density at radius 3 is 2.72 bits per heavy atom. The van der Waals surface area contributed by atoms with Crippen LogP contribution in [0.15, 0.2) is 18.2 Å². The number of hydrogen-bond acceptors (Lipinski definition) is 2. The Morgan fingerprint density at radius 2 is 2.00 bits per heavy atom. The van der Waals surface area contributed by atoms with Gasteiger partial charge in [0.05, 0.1) is 5.60 Å². The molecule has 0 bridgehead atoms. The maximum Gasteiger partial charge on any atom is 0.0880 e. The van der Waals surface area contributed by atoms with Gasteiger partial charge in [-0.1, -0.05) is 32.0 Å². The van der Waals surface area contributed by atoms with Gasteiger partial charge in [0, 0.05) is 6.04 Å². The van der Waals surface area contributed by atoms with Gasteiger partial charge in [0.25, 0.3) is 0 Å². The predicted octanol–water partition coefficient (Wildman–Crippen LogP) is 2.77. The molecular weight excluding hydrogens is 222 g/mol. The molecule has 2 heteroatoms. The van der Waals surface area contributed by atoms with Crippen molar-refractivity contribution in [2.75, 3.05) is 6.54 Å². The van der Waals surface area contributed by atoms with Gasteiger partial charge in [0.15, 0.2) is 0 Å². The molecule has 0 amide bonds. The van der Waals surface area contributed by atoms with E-state index < -0.39 is 5.60 Å². The average molecular weight is 247 g/mol. The molecule has 18 heavy (non-hydrogen) atoms. The lowest BCUT2D eigenvalue weighted by Gasteiger charge is -2.25. The quantitative estimate of drug-likeness (QED) is 0.838. The van der Waals surface area contributed by atoms with E-state index >= 15 is 0 Å². The third-order valence-electron chi connectivity index (χ3n) is 3.88. The van der Waals surface area contributed by atoms with Crippen molar-refractivity contribution in [1.82, 2.24) is 5.32 Å². The maximum atomic E-state index is 10.6. The molecule has 0 heterocycles. The van der Waals surface area contributed by atoms with E-state index in [1.807, 2.05) is 6.92 Å². The molecule has 0 aromatic heterocycles. The van der Waals surface area contributed by atoms with Crippen LogP contribution in [0, 0.1) is 0 Å². The minimum atomic E-state index is -0.723. The van der Waals surface area contributed by atoms with E-state index in [0.29, 0.717) is 6.04 Å². The Balaban J connectivity index is 2.04. The van der Waals surface area contributed by atoms with Crippen LogP contribution in [0.25, 0.3) is 0 Å². The molecule has 0 spiro atoms. The fourth-order valence-electron chi connectivity index (χ4n) is 2.66. The van der Waals surface area contributed by atoms with E-state index in [0.717, 1.165) is 18.5 Å². The third-order valence-corrected chi connectivity index (χ3v) is 3.88. The molecule has 1 aliphatic carbocycles. The number of hydrogen-bond donors (Lipinski definition) is 2. The highest BCUT2D eigenvalue weighted by Gasteiger charge is 2.24. The lowest BCUT2D eigenvalue weighted by atomic mass is 9.90. The molecule has 1 aromatic rings. The van der Waals surface area contributed by atoms with E-state index in [2.05, 4.69) is 37.4 Å². The highest BCUT2D eigenvalue weighted by Crippen LogP contribution is 2.29. The fraction of sp³-hybridized carbons (Fsp3) is 0.625. The normalized spacial score (nSPS) is 17.8. The summed E-state index contributed by atoms with van der Waals surface area (Å²) in [6.07, 6.45) is 4.38. The molecule has 0 aliphatic heterocycles. The van der Waals surface area contributed by atoms with Crippen molar-refractivity contribution in [2.24, 2.45) is 0 Å². The van der Waals surface area contributed by atoms with Gasteiger partial charge in [-0.2, -0.15) is 0 Å². The Morgan fingerprint density at radius 1 is 1.28 bits per heavy atom. The summed E-state index contributed by atoms with van der Waals surface area (Å²) in [5, 5.41) is 14.0. The largest absolute Gasteiger partial charge is 0.385 e. The third kappa shape index (κ3) is 3.12. The second-order valence-electron chi connectivity index (χ2n) is 5.97. The van der Waals surface area contributed by atoms with Crippen molar-refractivity contribution < 1.29 is 5.11 Å². The molecule has 0 radical (unpaired) electrons. The molecular formula is C16H25NO. The van der Waals surface area contributed by atoms with Crippen molar-refractivity contribution in [3.8, 4) is 0 Å². The number of nitrogens with one attached hydrogen (secondary N) is 1. The minimum Gasteiger partial charge on any atom is -0.385 e. The molecule has 0 saturated heterocycles. The van der Waals surface area contributed by atoms with Gasteiger partial charge in [-0.15, -0.1) is 0 Å². The van der Waals surface area contributed by atoms with Crippen LogP contribution in [-0.2, 0) is 18.4 Å². The highest BCUT2D eigenvalue weighted by atomic mass is 16.3. The molecule has 1 unspecified atom stereocenters. The van der Waals surface area contributed by atoms with E-state index in [9.17, 15) is 5.11 Å². The minimum absolute atomic E-state index is 0.473. The lowest BCUT2D eigenvalue weighted by molar-refractivity contribution is 0.0475. The lowest BCUT2D eigenvalue weighted by Crippen LogP contribution is -2.31. The van der Waals surface area contributed by atoms with Crippen LogP contribution in [-0.4, -0.2) is 17.7 Å². The van der Waals surface area contributed by atoms with E-state index in [1.54, 1.807) is 0 Å². The van der Waals surface area contributed by atoms with Gasteiger partial charge in [-0.25, -0.2) is 0 Å². The van der Waals surface area contributed by atoms with Crippen molar-refractivity contribution in [3.05, 3.63) is 34.9 Å². The summed E-state index contributed by atoms with van der Waals surface area (Å²) in [6.45, 7) is 7.03. The summed E-state index contributed by atoms with van der Waals surface area (Å²) >= 11 is 0. The van der Waals surface area contributed by atoms with Crippen molar-refractivity contribution in [1.29, 1.82) is 0 Å². The predicted molar refractivity (Wildman–Crippen MR) is 75.8 cm³/mol. The number of benzene rings is 1. The summed E-state index contributed by atoms with van der Waals surface area (Å²) < 4.78 is 0. The van der Waals surface area contributed by atoms with Crippen molar-refractivity contribution in [2.45, 2.75) is 58.1 Å². The van der Waals surface area contributed by atoms with Gasteiger partial charge in [0.2, 0.25) is 0 Å². The van der Waals surface area contributed by atoms with Crippen LogP contribution >= 0.6 is 0 Å². The smallest absolute Gasteiger partial charge is 0.0880 e. The maximum absolute atomic E-state index is 10.6. The van der Waals surface area contributed by atoms with Crippen molar-refractivity contribution >= 4 is 0 Å². The molecule has 100 valence electrons. The zero-order valence-corrected chi connectivity index (χ0v) is 11.8. The first-order chi connectivity index (χ1) is 8.49. The zero-order chi connectivity index (χ0) is 13.2. The summed E-state index contributed by atoms with van der Waals surface area (Å²) in [5.74, 6) is 0. The molecule has 1 atom stereocenters. The Hall–Kier alpha value is -0.860. The fourth-order valence-corrected chi connectivity index (χ4v) is 2.66. The molecule has 2 rings (SSSR count). The monoisotopic (exact) mass is 247 g/mol. The zero-order valence-electron chi connectivity index (χ0n) is 11.8. The van der Waals surface area contributed by atoms with Crippen LogP contribution in [0.4, 0.5) is 0 Å². The first kappa shape index (κ1) is 13.6. The van der Waals surface area contributed by atoms with Gasteiger partial charge >= 0.3 is 0 Å². The molecule has 0 saturated carbocycles. The topological polar surface area (TPSA) is 32.3 Å². The van der Waals surface area contributed by atoms with Crippen LogP contribution in [0.1, 0.15) is 50.3 Å². The SMILES string of the molecule is CC(C)NCCC(C)(O)c1ccc2c(c1)CCC2. The Kier molecular flexibility index (Phi) is 4.08. The average Bonchev–Trinajstić information content (AvgIpc) is 2.74. The molecule has 0 fully saturated rings. The number of aliphatic hydroxyl groups is 1. The van der Waals surface area contributed by atoms with Crippen molar-refractivity contribution in [3.63, 3.8) is 0 Å².